The lowest BCUT2D eigenvalue weighted by Crippen LogP contribution is -2.14. The van der Waals surface area contributed by atoms with Gasteiger partial charge < -0.3 is 10.1 Å². The fourth-order valence-corrected chi connectivity index (χ4v) is 2.32. The Bertz CT molecular complexity index is 634. The van der Waals surface area contributed by atoms with Crippen molar-refractivity contribution >= 4 is 23.2 Å². The Morgan fingerprint density at radius 1 is 1.19 bits per heavy atom. The van der Waals surface area contributed by atoms with Crippen LogP contribution in [-0.4, -0.2) is 7.05 Å². The van der Waals surface area contributed by atoms with E-state index in [4.69, 9.17) is 27.9 Å². The molecule has 21 heavy (non-hydrogen) atoms. The Morgan fingerprint density at radius 2 is 1.95 bits per heavy atom. The molecule has 2 aromatic carbocycles. The summed E-state index contributed by atoms with van der Waals surface area (Å²) in [7, 11) is 1.81. The van der Waals surface area contributed by atoms with Crippen molar-refractivity contribution in [2.24, 2.45) is 0 Å². The highest BCUT2D eigenvalue weighted by atomic mass is 35.5. The van der Waals surface area contributed by atoms with Gasteiger partial charge in [-0.15, -0.1) is 0 Å². The van der Waals surface area contributed by atoms with E-state index >= 15 is 0 Å². The Labute approximate surface area is 133 Å². The molecule has 0 bridgehead atoms. The first-order chi connectivity index (χ1) is 10.0. The molecule has 0 aromatic heterocycles. The number of ether oxygens (including phenoxy) is 1. The second-order valence-corrected chi connectivity index (χ2v) is 5.56. The molecule has 0 aliphatic rings. The van der Waals surface area contributed by atoms with Gasteiger partial charge >= 0.3 is 0 Å². The third-order valence-corrected chi connectivity index (χ3v) is 3.87. The van der Waals surface area contributed by atoms with E-state index < -0.39 is 0 Å². The highest BCUT2D eigenvalue weighted by Crippen LogP contribution is 2.28. The van der Waals surface area contributed by atoms with Gasteiger partial charge in [-0.2, -0.15) is 0 Å². The Hall–Kier alpha value is -1.29. The number of halogens is 3. The van der Waals surface area contributed by atoms with E-state index in [2.05, 4.69) is 5.32 Å². The smallest absolute Gasteiger partial charge is 0.124 e. The van der Waals surface area contributed by atoms with E-state index in [1.807, 2.05) is 14.0 Å². The molecule has 1 unspecified atom stereocenters. The molecule has 2 aromatic rings. The van der Waals surface area contributed by atoms with Crippen molar-refractivity contribution in [3.8, 4) is 5.75 Å². The van der Waals surface area contributed by atoms with Crippen LogP contribution in [0.4, 0.5) is 4.39 Å². The minimum absolute atomic E-state index is 0.0227. The average molecular weight is 328 g/mol. The van der Waals surface area contributed by atoms with Gasteiger partial charge in [-0.25, -0.2) is 4.39 Å². The molecule has 2 nitrogen and oxygen atoms in total. The van der Waals surface area contributed by atoms with E-state index in [9.17, 15) is 4.39 Å². The number of rotatable bonds is 5. The van der Waals surface area contributed by atoms with E-state index in [0.29, 0.717) is 15.8 Å². The summed E-state index contributed by atoms with van der Waals surface area (Å²) in [6.07, 6.45) is 0. The zero-order chi connectivity index (χ0) is 15.4. The third kappa shape index (κ3) is 4.10. The van der Waals surface area contributed by atoms with Crippen LogP contribution < -0.4 is 10.1 Å². The van der Waals surface area contributed by atoms with Crippen LogP contribution in [0.15, 0.2) is 36.4 Å². The van der Waals surface area contributed by atoms with Crippen LogP contribution in [0.5, 0.6) is 5.75 Å². The Balaban J connectivity index is 2.21. The molecule has 1 atom stereocenters. The van der Waals surface area contributed by atoms with Crippen molar-refractivity contribution in [3.63, 3.8) is 0 Å². The van der Waals surface area contributed by atoms with Crippen molar-refractivity contribution in [1.29, 1.82) is 0 Å². The van der Waals surface area contributed by atoms with Crippen molar-refractivity contribution in [2.75, 3.05) is 7.05 Å². The largest absolute Gasteiger partial charge is 0.489 e. The first-order valence-corrected chi connectivity index (χ1v) is 7.30. The number of hydrogen-bond donors (Lipinski definition) is 1. The molecule has 0 spiro atoms. The summed E-state index contributed by atoms with van der Waals surface area (Å²) < 4.78 is 19.2. The Kier molecular flexibility index (Phi) is 5.45. The topological polar surface area (TPSA) is 21.3 Å². The van der Waals surface area contributed by atoms with Crippen LogP contribution >= 0.6 is 23.2 Å². The summed E-state index contributed by atoms with van der Waals surface area (Å²) in [4.78, 5) is 0. The van der Waals surface area contributed by atoms with Gasteiger partial charge in [-0.05, 0) is 50.4 Å². The maximum atomic E-state index is 13.4. The van der Waals surface area contributed by atoms with E-state index in [1.54, 1.807) is 24.3 Å². The molecule has 112 valence electrons. The normalized spacial score (nSPS) is 12.2. The molecule has 1 N–H and O–H groups in total. The van der Waals surface area contributed by atoms with Crippen LogP contribution in [0, 0.1) is 5.82 Å². The summed E-state index contributed by atoms with van der Waals surface area (Å²) >= 11 is 12.1. The molecular formula is C16H16Cl2FNO. The second kappa shape index (κ2) is 7.12. The molecule has 2 rings (SSSR count). The molecule has 0 aliphatic carbocycles. The summed E-state index contributed by atoms with van der Waals surface area (Å²) in [6, 6.07) is 9.65. The fourth-order valence-electron chi connectivity index (χ4n) is 1.95. The van der Waals surface area contributed by atoms with Gasteiger partial charge in [0.05, 0.1) is 0 Å². The first kappa shape index (κ1) is 16.1. The molecule has 0 saturated heterocycles. The summed E-state index contributed by atoms with van der Waals surface area (Å²) in [5, 5.41) is 4.26. The van der Waals surface area contributed by atoms with Gasteiger partial charge in [-0.1, -0.05) is 23.2 Å². The Morgan fingerprint density at radius 3 is 2.67 bits per heavy atom. The van der Waals surface area contributed by atoms with Gasteiger partial charge in [0.2, 0.25) is 0 Å². The van der Waals surface area contributed by atoms with Crippen LogP contribution in [0.2, 0.25) is 10.0 Å². The molecule has 0 fully saturated rings. The standard InChI is InChI=1S/C16H16Cl2FNO/c1-10(20-2)14-8-13(19)4-6-16(14)21-9-11-7-12(17)3-5-15(11)18/h3-8,10,20H,9H2,1-2H3. The predicted molar refractivity (Wildman–Crippen MR) is 84.7 cm³/mol. The lowest BCUT2D eigenvalue weighted by atomic mass is 10.1. The molecule has 0 heterocycles. The molecule has 0 amide bonds. The SMILES string of the molecule is CNC(C)c1cc(F)ccc1OCc1cc(Cl)ccc1Cl. The quantitative estimate of drug-likeness (QED) is 0.835. The molecule has 0 aliphatic heterocycles. The van der Waals surface area contributed by atoms with Crippen LogP contribution in [0.3, 0.4) is 0 Å². The highest BCUT2D eigenvalue weighted by Gasteiger charge is 2.12. The summed E-state index contributed by atoms with van der Waals surface area (Å²) in [6.45, 7) is 2.21. The molecular weight excluding hydrogens is 312 g/mol. The summed E-state index contributed by atoms with van der Waals surface area (Å²) in [5.74, 6) is 0.328. The van der Waals surface area contributed by atoms with Crippen molar-refractivity contribution in [2.45, 2.75) is 19.6 Å². The third-order valence-electron chi connectivity index (χ3n) is 3.26. The van der Waals surface area contributed by atoms with Crippen LogP contribution in [0.25, 0.3) is 0 Å². The van der Waals surface area contributed by atoms with E-state index in [0.717, 1.165) is 11.1 Å². The second-order valence-electron chi connectivity index (χ2n) is 4.72. The highest BCUT2D eigenvalue weighted by molar-refractivity contribution is 6.33. The van der Waals surface area contributed by atoms with Crippen molar-refractivity contribution < 1.29 is 9.13 Å². The molecule has 5 heteroatoms. The minimum Gasteiger partial charge on any atom is -0.489 e. The van der Waals surface area contributed by atoms with Crippen LogP contribution in [0.1, 0.15) is 24.1 Å². The molecule has 0 radical (unpaired) electrons. The maximum absolute atomic E-state index is 13.4. The number of benzene rings is 2. The number of nitrogens with one attached hydrogen (secondary N) is 1. The van der Waals surface area contributed by atoms with Gasteiger partial charge in [0, 0.05) is 27.2 Å². The zero-order valence-electron chi connectivity index (χ0n) is 11.8. The fraction of sp³-hybridized carbons (Fsp3) is 0.250. The summed E-state index contributed by atoms with van der Waals surface area (Å²) in [5.41, 5.74) is 1.55. The van der Waals surface area contributed by atoms with Crippen LogP contribution in [-0.2, 0) is 6.61 Å². The lowest BCUT2D eigenvalue weighted by Gasteiger charge is -2.17. The van der Waals surface area contributed by atoms with Crippen molar-refractivity contribution in [1.82, 2.24) is 5.32 Å². The van der Waals surface area contributed by atoms with Crippen molar-refractivity contribution in [3.05, 3.63) is 63.4 Å². The van der Waals surface area contributed by atoms with E-state index in [-0.39, 0.29) is 18.5 Å². The zero-order valence-corrected chi connectivity index (χ0v) is 13.3. The first-order valence-electron chi connectivity index (χ1n) is 6.54. The van der Waals surface area contributed by atoms with E-state index in [1.165, 1.54) is 12.1 Å². The monoisotopic (exact) mass is 327 g/mol. The van der Waals surface area contributed by atoms with Gasteiger partial charge in [0.25, 0.3) is 0 Å². The number of hydrogen-bond acceptors (Lipinski definition) is 2. The predicted octanol–water partition coefficient (Wildman–Crippen LogP) is 4.99. The molecule has 0 saturated carbocycles. The maximum Gasteiger partial charge on any atom is 0.124 e. The average Bonchev–Trinajstić information content (AvgIpc) is 2.48. The van der Waals surface area contributed by atoms with Gasteiger partial charge in [0.1, 0.15) is 18.2 Å². The lowest BCUT2D eigenvalue weighted by molar-refractivity contribution is 0.299. The van der Waals surface area contributed by atoms with Gasteiger partial charge in [0.15, 0.2) is 0 Å². The van der Waals surface area contributed by atoms with Gasteiger partial charge in [-0.3, -0.25) is 0 Å². The minimum atomic E-state index is -0.291.